The van der Waals surface area contributed by atoms with Gasteiger partial charge in [0.25, 0.3) is 0 Å². The van der Waals surface area contributed by atoms with Crippen molar-refractivity contribution in [1.82, 2.24) is 4.72 Å². The molecule has 0 spiro atoms. The van der Waals surface area contributed by atoms with E-state index in [9.17, 15) is 18.6 Å². The lowest BCUT2D eigenvalue weighted by molar-refractivity contribution is 0.439. The standard InChI is InChI=1S/C21H27NO4S/c1-3-4-5-8-16-13-18(23)19(15-9-6-7-14(2)12-15)20(24)21(16)27(25,26)22-17-10-11-17/h6-7,9,12-13,17,22-24H,3-5,8,10-11H2,1-2H3. The van der Waals surface area contributed by atoms with Crippen molar-refractivity contribution in [3.63, 3.8) is 0 Å². The van der Waals surface area contributed by atoms with Crippen molar-refractivity contribution in [2.24, 2.45) is 0 Å². The minimum Gasteiger partial charge on any atom is -0.507 e. The van der Waals surface area contributed by atoms with Crippen LogP contribution < -0.4 is 4.72 Å². The fourth-order valence-corrected chi connectivity index (χ4v) is 4.96. The van der Waals surface area contributed by atoms with E-state index in [2.05, 4.69) is 11.6 Å². The van der Waals surface area contributed by atoms with Crippen molar-refractivity contribution in [1.29, 1.82) is 0 Å². The molecule has 3 N–H and O–H groups in total. The van der Waals surface area contributed by atoms with Crippen LogP contribution in [0.4, 0.5) is 0 Å². The van der Waals surface area contributed by atoms with E-state index in [1.54, 1.807) is 6.07 Å². The van der Waals surface area contributed by atoms with Crippen molar-refractivity contribution in [3.05, 3.63) is 41.5 Å². The maximum absolute atomic E-state index is 13.0. The summed E-state index contributed by atoms with van der Waals surface area (Å²) in [7, 11) is -3.86. The molecule has 2 aromatic rings. The van der Waals surface area contributed by atoms with Gasteiger partial charge in [-0.3, -0.25) is 0 Å². The molecule has 3 rings (SSSR count). The number of aromatic hydroxyl groups is 2. The smallest absolute Gasteiger partial charge is 0.244 e. The number of phenolic OH excluding ortho intramolecular Hbond substituents is 2. The SMILES string of the molecule is CCCCCc1cc(O)c(-c2cccc(C)c2)c(O)c1S(=O)(=O)NC1CC1. The highest BCUT2D eigenvalue weighted by molar-refractivity contribution is 7.89. The first-order valence-electron chi connectivity index (χ1n) is 9.50. The molecule has 1 saturated carbocycles. The summed E-state index contributed by atoms with van der Waals surface area (Å²) < 4.78 is 28.6. The molecule has 0 aromatic heterocycles. The highest BCUT2D eigenvalue weighted by atomic mass is 32.2. The van der Waals surface area contributed by atoms with Gasteiger partial charge >= 0.3 is 0 Å². The molecular formula is C21H27NO4S. The van der Waals surface area contributed by atoms with Gasteiger partial charge in [-0.2, -0.15) is 0 Å². The maximum atomic E-state index is 13.0. The first-order valence-corrected chi connectivity index (χ1v) is 11.0. The number of benzene rings is 2. The number of nitrogens with one attached hydrogen (secondary N) is 1. The molecule has 146 valence electrons. The summed E-state index contributed by atoms with van der Waals surface area (Å²) in [4.78, 5) is -0.0974. The van der Waals surface area contributed by atoms with Crippen LogP contribution in [-0.2, 0) is 16.4 Å². The van der Waals surface area contributed by atoms with E-state index < -0.39 is 10.0 Å². The van der Waals surface area contributed by atoms with Crippen molar-refractivity contribution in [2.75, 3.05) is 0 Å². The largest absolute Gasteiger partial charge is 0.507 e. The molecule has 0 aliphatic heterocycles. The Morgan fingerprint density at radius 1 is 1.15 bits per heavy atom. The maximum Gasteiger partial charge on any atom is 0.244 e. The van der Waals surface area contributed by atoms with E-state index in [0.29, 0.717) is 17.5 Å². The van der Waals surface area contributed by atoms with Crippen molar-refractivity contribution in [2.45, 2.75) is 63.3 Å². The quantitative estimate of drug-likeness (QED) is 0.589. The second kappa shape index (κ2) is 7.90. The lowest BCUT2D eigenvalue weighted by atomic mass is 9.97. The lowest BCUT2D eigenvalue weighted by Crippen LogP contribution is -2.27. The molecule has 0 saturated heterocycles. The van der Waals surface area contributed by atoms with E-state index in [4.69, 9.17) is 0 Å². The van der Waals surface area contributed by atoms with Crippen LogP contribution in [0.2, 0.25) is 0 Å². The van der Waals surface area contributed by atoms with E-state index in [1.165, 1.54) is 6.07 Å². The molecule has 0 amide bonds. The normalized spacial score (nSPS) is 14.4. The van der Waals surface area contributed by atoms with Crippen LogP contribution in [0.3, 0.4) is 0 Å². The predicted molar refractivity (Wildman–Crippen MR) is 107 cm³/mol. The van der Waals surface area contributed by atoms with Gasteiger partial charge in [0.1, 0.15) is 16.4 Å². The summed E-state index contributed by atoms with van der Waals surface area (Å²) in [6.45, 7) is 3.98. The summed E-state index contributed by atoms with van der Waals surface area (Å²) >= 11 is 0. The average molecular weight is 390 g/mol. The van der Waals surface area contributed by atoms with Gasteiger partial charge in [0.2, 0.25) is 10.0 Å². The third-order valence-corrected chi connectivity index (χ3v) is 6.47. The van der Waals surface area contributed by atoms with Gasteiger partial charge in [-0.05, 0) is 49.8 Å². The molecule has 27 heavy (non-hydrogen) atoms. The van der Waals surface area contributed by atoms with Crippen LogP contribution >= 0.6 is 0 Å². The van der Waals surface area contributed by atoms with Crippen LogP contribution in [-0.4, -0.2) is 24.7 Å². The van der Waals surface area contributed by atoms with Gasteiger partial charge in [0.05, 0.1) is 5.56 Å². The second-order valence-electron chi connectivity index (χ2n) is 7.33. The molecule has 5 nitrogen and oxygen atoms in total. The van der Waals surface area contributed by atoms with E-state index in [1.807, 2.05) is 25.1 Å². The summed E-state index contributed by atoms with van der Waals surface area (Å²) in [6, 6.07) is 8.72. The van der Waals surface area contributed by atoms with Crippen LogP contribution in [0.5, 0.6) is 11.5 Å². The summed E-state index contributed by atoms with van der Waals surface area (Å²) in [5.74, 6) is -0.477. The number of aryl methyl sites for hydroxylation is 2. The number of hydrogen-bond donors (Lipinski definition) is 3. The van der Waals surface area contributed by atoms with Gasteiger partial charge < -0.3 is 10.2 Å². The van der Waals surface area contributed by atoms with Gasteiger partial charge in [0.15, 0.2) is 0 Å². The van der Waals surface area contributed by atoms with E-state index in [0.717, 1.165) is 37.7 Å². The lowest BCUT2D eigenvalue weighted by Gasteiger charge is -2.18. The summed E-state index contributed by atoms with van der Waals surface area (Å²) in [5.41, 5.74) is 2.17. The molecule has 0 bridgehead atoms. The Morgan fingerprint density at radius 3 is 2.52 bits per heavy atom. The Hall–Kier alpha value is -2.05. The van der Waals surface area contributed by atoms with Crippen LogP contribution in [0.25, 0.3) is 11.1 Å². The molecule has 1 aliphatic rings. The molecule has 1 aliphatic carbocycles. The zero-order chi connectivity index (χ0) is 19.6. The molecule has 1 fully saturated rings. The number of unbranched alkanes of at least 4 members (excludes halogenated alkanes) is 2. The molecule has 0 radical (unpaired) electrons. The van der Waals surface area contributed by atoms with Crippen LogP contribution in [0.1, 0.15) is 50.2 Å². The van der Waals surface area contributed by atoms with E-state index >= 15 is 0 Å². The Morgan fingerprint density at radius 2 is 1.89 bits per heavy atom. The summed E-state index contributed by atoms with van der Waals surface area (Å²) in [5, 5.41) is 21.5. The number of rotatable bonds is 8. The highest BCUT2D eigenvalue weighted by Gasteiger charge is 2.33. The van der Waals surface area contributed by atoms with Crippen molar-refractivity contribution in [3.8, 4) is 22.6 Å². The molecule has 0 unspecified atom stereocenters. The zero-order valence-corrected chi connectivity index (χ0v) is 16.6. The van der Waals surface area contributed by atoms with Crippen LogP contribution in [0, 0.1) is 6.92 Å². The summed E-state index contributed by atoms with van der Waals surface area (Å²) in [6.07, 6.45) is 4.87. The van der Waals surface area contributed by atoms with Gasteiger partial charge in [-0.1, -0.05) is 49.6 Å². The van der Waals surface area contributed by atoms with Gasteiger partial charge in [0, 0.05) is 6.04 Å². The highest BCUT2D eigenvalue weighted by Crippen LogP contribution is 2.44. The molecule has 2 aromatic carbocycles. The molecular weight excluding hydrogens is 362 g/mol. The minimum absolute atomic E-state index is 0.0610. The Bertz CT molecular complexity index is 933. The van der Waals surface area contributed by atoms with Crippen LogP contribution in [0.15, 0.2) is 35.2 Å². The molecule has 0 heterocycles. The zero-order valence-electron chi connectivity index (χ0n) is 15.8. The molecule has 0 atom stereocenters. The molecule has 6 heteroatoms. The van der Waals surface area contributed by atoms with Gasteiger partial charge in [-0.15, -0.1) is 0 Å². The fraction of sp³-hybridized carbons (Fsp3) is 0.429. The van der Waals surface area contributed by atoms with E-state index in [-0.39, 0.29) is 28.0 Å². The number of phenols is 2. The monoisotopic (exact) mass is 389 g/mol. The van der Waals surface area contributed by atoms with Crippen molar-refractivity contribution >= 4 is 10.0 Å². The minimum atomic E-state index is -3.86. The first kappa shape index (κ1) is 19.7. The van der Waals surface area contributed by atoms with Crippen molar-refractivity contribution < 1.29 is 18.6 Å². The average Bonchev–Trinajstić information content (AvgIpc) is 3.37. The first-order chi connectivity index (χ1) is 12.8. The Balaban J connectivity index is 2.15. The Labute approximate surface area is 161 Å². The third kappa shape index (κ3) is 4.45. The topological polar surface area (TPSA) is 86.6 Å². The number of hydrogen-bond acceptors (Lipinski definition) is 4. The van der Waals surface area contributed by atoms with Gasteiger partial charge in [-0.25, -0.2) is 13.1 Å². The predicted octanol–water partition coefficient (Wildman–Crippen LogP) is 4.25. The third-order valence-electron chi connectivity index (χ3n) is 4.83. The number of sulfonamides is 1. The Kier molecular flexibility index (Phi) is 5.77. The second-order valence-corrected chi connectivity index (χ2v) is 8.98. The fourth-order valence-electron chi connectivity index (χ4n) is 3.31.